The fourth-order valence-corrected chi connectivity index (χ4v) is 2.63. The van der Waals surface area contributed by atoms with Crippen LogP contribution >= 0.6 is 0 Å². The van der Waals surface area contributed by atoms with Gasteiger partial charge in [0.15, 0.2) is 0 Å². The summed E-state index contributed by atoms with van der Waals surface area (Å²) in [6, 6.07) is 3.34. The lowest BCUT2D eigenvalue weighted by Crippen LogP contribution is -2.45. The second-order valence-corrected chi connectivity index (χ2v) is 7.36. The normalized spacial score (nSPS) is 17.2. The largest absolute Gasteiger partial charge is 0.444 e. The van der Waals surface area contributed by atoms with E-state index in [4.69, 9.17) is 4.74 Å². The van der Waals surface area contributed by atoms with Crippen LogP contribution in [-0.2, 0) is 4.74 Å². The van der Waals surface area contributed by atoms with E-state index in [1.54, 1.807) is 6.07 Å². The Balaban J connectivity index is 1.92. The molecule has 1 fully saturated rings. The Hall–Kier alpha value is -1.69. The van der Waals surface area contributed by atoms with E-state index in [0.29, 0.717) is 12.5 Å². The summed E-state index contributed by atoms with van der Waals surface area (Å²) in [6.45, 7) is 8.11. The van der Waals surface area contributed by atoms with Crippen LogP contribution in [0.15, 0.2) is 18.3 Å². The Morgan fingerprint density at radius 1 is 1.42 bits per heavy atom. The number of rotatable bonds is 7. The number of pyridine rings is 1. The molecule has 0 aliphatic heterocycles. The number of hydrogen-bond acceptors (Lipinski definition) is 4. The van der Waals surface area contributed by atoms with Gasteiger partial charge in [0.2, 0.25) is 0 Å². The van der Waals surface area contributed by atoms with Crippen molar-refractivity contribution in [3.8, 4) is 0 Å². The number of carbonyl (C=O) groups excluding carboxylic acids is 1. The fraction of sp³-hybridized carbons (Fsp3) is 0.667. The van der Waals surface area contributed by atoms with Crippen LogP contribution in [0, 0.1) is 11.7 Å². The quantitative estimate of drug-likeness (QED) is 0.798. The van der Waals surface area contributed by atoms with Gasteiger partial charge in [-0.2, -0.15) is 0 Å². The molecule has 0 bridgehead atoms. The van der Waals surface area contributed by atoms with E-state index in [9.17, 15) is 9.18 Å². The van der Waals surface area contributed by atoms with E-state index in [-0.39, 0.29) is 17.9 Å². The molecule has 5 nitrogen and oxygen atoms in total. The highest BCUT2D eigenvalue weighted by Crippen LogP contribution is 2.33. The third kappa shape index (κ3) is 6.07. The third-order valence-electron chi connectivity index (χ3n) is 3.99. The monoisotopic (exact) mass is 337 g/mol. The van der Waals surface area contributed by atoms with E-state index in [1.807, 2.05) is 20.8 Å². The fourth-order valence-electron chi connectivity index (χ4n) is 2.63. The number of carbonyl (C=O) groups is 1. The first-order valence-corrected chi connectivity index (χ1v) is 8.63. The molecule has 1 aromatic rings. The molecule has 2 N–H and O–H groups in total. The summed E-state index contributed by atoms with van der Waals surface area (Å²) in [5.41, 5.74) is 0.318. The molecule has 1 aliphatic rings. The number of nitrogens with zero attached hydrogens (tertiary/aromatic N) is 1. The molecule has 0 radical (unpaired) electrons. The Labute approximate surface area is 143 Å². The summed E-state index contributed by atoms with van der Waals surface area (Å²) < 4.78 is 18.3. The summed E-state index contributed by atoms with van der Waals surface area (Å²) in [6.07, 6.45) is 3.99. The average Bonchev–Trinajstić information content (AvgIpc) is 3.32. The molecule has 1 aliphatic carbocycles. The maximum absolute atomic E-state index is 13.1. The topological polar surface area (TPSA) is 63.2 Å². The van der Waals surface area contributed by atoms with Crippen LogP contribution in [0.4, 0.5) is 9.18 Å². The average molecular weight is 337 g/mol. The molecule has 0 aromatic carbocycles. The minimum absolute atomic E-state index is 0.0386. The molecular formula is C18H28FN3O2. The first-order valence-electron chi connectivity index (χ1n) is 8.63. The van der Waals surface area contributed by atoms with Crippen molar-refractivity contribution in [1.29, 1.82) is 0 Å². The van der Waals surface area contributed by atoms with Crippen LogP contribution in [0.25, 0.3) is 0 Å². The molecule has 6 heteroatoms. The van der Waals surface area contributed by atoms with Crippen molar-refractivity contribution < 1.29 is 13.9 Å². The molecule has 1 heterocycles. The molecule has 134 valence electrons. The Morgan fingerprint density at radius 3 is 2.62 bits per heavy atom. The van der Waals surface area contributed by atoms with Crippen LogP contribution < -0.4 is 10.6 Å². The van der Waals surface area contributed by atoms with E-state index in [0.717, 1.165) is 25.0 Å². The van der Waals surface area contributed by atoms with E-state index >= 15 is 0 Å². The molecule has 2 atom stereocenters. The van der Waals surface area contributed by atoms with Crippen molar-refractivity contribution in [2.24, 2.45) is 5.92 Å². The van der Waals surface area contributed by atoms with E-state index in [2.05, 4.69) is 22.5 Å². The highest BCUT2D eigenvalue weighted by molar-refractivity contribution is 5.67. The summed E-state index contributed by atoms with van der Waals surface area (Å²) >= 11 is 0. The van der Waals surface area contributed by atoms with Crippen molar-refractivity contribution in [3.63, 3.8) is 0 Å². The van der Waals surface area contributed by atoms with Crippen LogP contribution in [0.3, 0.4) is 0 Å². The Morgan fingerprint density at radius 2 is 2.12 bits per heavy atom. The molecule has 1 amide bonds. The van der Waals surface area contributed by atoms with Gasteiger partial charge in [-0.05, 0) is 58.1 Å². The van der Waals surface area contributed by atoms with Crippen LogP contribution in [0.5, 0.6) is 0 Å². The number of alkyl carbamates (subject to hydrolysis) is 1. The first kappa shape index (κ1) is 18.6. The van der Waals surface area contributed by atoms with Gasteiger partial charge in [-0.1, -0.05) is 6.92 Å². The molecule has 24 heavy (non-hydrogen) atoms. The maximum atomic E-state index is 13.1. The summed E-state index contributed by atoms with van der Waals surface area (Å²) in [5.74, 6) is 0.216. The second-order valence-electron chi connectivity index (χ2n) is 7.36. The molecule has 1 saturated carbocycles. The van der Waals surface area contributed by atoms with Crippen molar-refractivity contribution in [2.75, 3.05) is 6.54 Å². The minimum atomic E-state index is -0.503. The summed E-state index contributed by atoms with van der Waals surface area (Å²) in [4.78, 5) is 16.0. The third-order valence-corrected chi connectivity index (χ3v) is 3.99. The first-order chi connectivity index (χ1) is 11.3. The number of halogens is 1. The van der Waals surface area contributed by atoms with Gasteiger partial charge in [0.1, 0.15) is 11.4 Å². The van der Waals surface area contributed by atoms with E-state index in [1.165, 1.54) is 12.3 Å². The van der Waals surface area contributed by atoms with Crippen molar-refractivity contribution >= 4 is 6.09 Å². The number of amides is 1. The number of aromatic nitrogens is 1. The smallest absolute Gasteiger partial charge is 0.407 e. The zero-order valence-electron chi connectivity index (χ0n) is 14.9. The van der Waals surface area contributed by atoms with Crippen molar-refractivity contribution in [2.45, 2.75) is 64.6 Å². The predicted molar refractivity (Wildman–Crippen MR) is 91.1 cm³/mol. The molecule has 1 aromatic heterocycles. The number of nitrogens with one attached hydrogen (secondary N) is 2. The second kappa shape index (κ2) is 7.92. The SMILES string of the molecule is CCC(NC(CNC(=O)OC(C)(C)C)C1CC1)c1ccc(F)cn1. The predicted octanol–water partition coefficient (Wildman–Crippen LogP) is 3.56. The number of ether oxygens (including phenoxy) is 1. The summed E-state index contributed by atoms with van der Waals surface area (Å²) in [7, 11) is 0. The van der Waals surface area contributed by atoms with Gasteiger partial charge in [-0.15, -0.1) is 0 Å². The van der Waals surface area contributed by atoms with Gasteiger partial charge in [-0.3, -0.25) is 4.98 Å². The van der Waals surface area contributed by atoms with Crippen molar-refractivity contribution in [3.05, 3.63) is 29.8 Å². The Kier molecular flexibility index (Phi) is 6.15. The molecule has 2 rings (SSSR count). The highest BCUT2D eigenvalue weighted by atomic mass is 19.1. The van der Waals surface area contributed by atoms with Crippen molar-refractivity contribution in [1.82, 2.24) is 15.6 Å². The molecular weight excluding hydrogens is 309 g/mol. The van der Waals surface area contributed by atoms with Gasteiger partial charge in [-0.25, -0.2) is 9.18 Å². The molecule has 2 unspecified atom stereocenters. The van der Waals surface area contributed by atoms with Crippen LogP contribution in [0.1, 0.15) is 58.7 Å². The molecule has 0 saturated heterocycles. The lowest BCUT2D eigenvalue weighted by atomic mass is 10.1. The van der Waals surface area contributed by atoms with Crippen LogP contribution in [0.2, 0.25) is 0 Å². The van der Waals surface area contributed by atoms with Gasteiger partial charge < -0.3 is 15.4 Å². The zero-order chi connectivity index (χ0) is 17.7. The lowest BCUT2D eigenvalue weighted by Gasteiger charge is -2.26. The molecule has 0 spiro atoms. The van der Waals surface area contributed by atoms with Crippen LogP contribution in [-0.4, -0.2) is 29.3 Å². The van der Waals surface area contributed by atoms with Gasteiger partial charge >= 0.3 is 6.09 Å². The standard InChI is InChI=1S/C18H28FN3O2/c1-5-14(15-9-8-13(19)10-20-15)22-16(12-6-7-12)11-21-17(23)24-18(2,3)4/h8-10,12,14,16,22H,5-7,11H2,1-4H3,(H,21,23). The maximum Gasteiger partial charge on any atom is 0.407 e. The van der Waals surface area contributed by atoms with Gasteiger partial charge in [0, 0.05) is 18.6 Å². The highest BCUT2D eigenvalue weighted by Gasteiger charge is 2.33. The zero-order valence-corrected chi connectivity index (χ0v) is 14.9. The minimum Gasteiger partial charge on any atom is -0.444 e. The van der Waals surface area contributed by atoms with Gasteiger partial charge in [0.25, 0.3) is 0 Å². The van der Waals surface area contributed by atoms with E-state index < -0.39 is 11.7 Å². The summed E-state index contributed by atoms with van der Waals surface area (Å²) in [5, 5.41) is 6.41. The Bertz CT molecular complexity index is 538. The lowest BCUT2D eigenvalue weighted by molar-refractivity contribution is 0.0520. The van der Waals surface area contributed by atoms with Gasteiger partial charge in [0.05, 0.1) is 11.9 Å². The number of hydrogen-bond donors (Lipinski definition) is 2.